The Morgan fingerprint density at radius 3 is 2.58 bits per heavy atom. The summed E-state index contributed by atoms with van der Waals surface area (Å²) >= 11 is 9.43. The highest BCUT2D eigenvalue weighted by atomic mass is 79.9. The highest BCUT2D eigenvalue weighted by molar-refractivity contribution is 9.10. The lowest BCUT2D eigenvalue weighted by molar-refractivity contribution is -0.119. The Labute approximate surface area is 202 Å². The fraction of sp³-hybridized carbons (Fsp3) is 0.0800. The molecule has 1 aromatic heterocycles. The number of hydrogen-bond donors (Lipinski definition) is 1. The Morgan fingerprint density at radius 2 is 1.82 bits per heavy atom. The van der Waals surface area contributed by atoms with Gasteiger partial charge in [0.2, 0.25) is 0 Å². The van der Waals surface area contributed by atoms with Crippen molar-refractivity contribution in [3.8, 4) is 11.3 Å². The Balaban J connectivity index is 1.56. The predicted octanol–water partition coefficient (Wildman–Crippen LogP) is 6.56. The van der Waals surface area contributed by atoms with Crippen molar-refractivity contribution >= 4 is 56.0 Å². The quantitative estimate of drug-likeness (QED) is 0.298. The summed E-state index contributed by atoms with van der Waals surface area (Å²) in [5.41, 5.74) is 3.31. The van der Waals surface area contributed by atoms with E-state index in [1.807, 2.05) is 6.92 Å². The molecule has 4 aromatic rings. The Bertz CT molecular complexity index is 1380. The molecular formula is C25H17BrClFN2O3. The van der Waals surface area contributed by atoms with Gasteiger partial charge in [-0.05, 0) is 76.9 Å². The molecule has 0 saturated heterocycles. The number of nitrogens with zero attached hydrogens (tertiary/aromatic N) is 1. The number of nitrogens with one attached hydrogen (secondary N) is 1. The lowest BCUT2D eigenvalue weighted by Crippen LogP contribution is -2.21. The molecule has 33 heavy (non-hydrogen) atoms. The van der Waals surface area contributed by atoms with E-state index < -0.39 is 18.5 Å². The second-order valence-electron chi connectivity index (χ2n) is 7.28. The number of aromatic nitrogens is 1. The fourth-order valence-electron chi connectivity index (χ4n) is 3.29. The van der Waals surface area contributed by atoms with Crippen molar-refractivity contribution in [3.63, 3.8) is 0 Å². The van der Waals surface area contributed by atoms with E-state index >= 15 is 0 Å². The van der Waals surface area contributed by atoms with Crippen molar-refractivity contribution in [2.75, 3.05) is 11.9 Å². The lowest BCUT2D eigenvalue weighted by Gasteiger charge is -2.12. The molecule has 5 nitrogen and oxygen atoms in total. The molecule has 1 N–H and O–H groups in total. The molecule has 1 heterocycles. The monoisotopic (exact) mass is 526 g/mol. The standard InChI is InChI=1S/C25H17BrClFN2O3/c1-14-10-19(26)20(27)12-22(14)30-24(31)13-33-25(32)18-11-23(15-6-8-16(28)9-7-15)29-21-5-3-2-4-17(18)21/h2-12H,13H2,1H3,(H,30,31). The molecule has 0 saturated carbocycles. The molecular weight excluding hydrogens is 511 g/mol. The summed E-state index contributed by atoms with van der Waals surface area (Å²) in [4.78, 5) is 29.9. The molecule has 0 bridgehead atoms. The van der Waals surface area contributed by atoms with Crippen LogP contribution >= 0.6 is 27.5 Å². The number of ether oxygens (including phenoxy) is 1. The third kappa shape index (κ3) is 5.21. The zero-order valence-corrected chi connectivity index (χ0v) is 19.7. The van der Waals surface area contributed by atoms with Crippen molar-refractivity contribution in [1.82, 2.24) is 4.98 Å². The molecule has 0 fully saturated rings. The maximum absolute atomic E-state index is 13.3. The maximum Gasteiger partial charge on any atom is 0.339 e. The molecule has 0 aliphatic carbocycles. The van der Waals surface area contributed by atoms with Crippen LogP contribution in [0.15, 0.2) is 71.2 Å². The van der Waals surface area contributed by atoms with E-state index in [4.69, 9.17) is 16.3 Å². The summed E-state index contributed by atoms with van der Waals surface area (Å²) in [5, 5.41) is 3.73. The van der Waals surface area contributed by atoms with E-state index in [1.54, 1.807) is 54.6 Å². The molecule has 3 aromatic carbocycles. The maximum atomic E-state index is 13.3. The second-order valence-corrected chi connectivity index (χ2v) is 8.55. The van der Waals surface area contributed by atoms with Crippen LogP contribution in [0.4, 0.5) is 10.1 Å². The average molecular weight is 528 g/mol. The topological polar surface area (TPSA) is 68.3 Å². The van der Waals surface area contributed by atoms with Crippen LogP contribution in [-0.2, 0) is 9.53 Å². The number of benzene rings is 3. The van der Waals surface area contributed by atoms with Crippen molar-refractivity contribution < 1.29 is 18.7 Å². The third-order valence-electron chi connectivity index (χ3n) is 4.95. The normalized spacial score (nSPS) is 10.8. The largest absolute Gasteiger partial charge is 0.452 e. The number of esters is 1. The molecule has 0 spiro atoms. The van der Waals surface area contributed by atoms with Crippen LogP contribution in [0.1, 0.15) is 15.9 Å². The van der Waals surface area contributed by atoms with Gasteiger partial charge in [-0.15, -0.1) is 0 Å². The van der Waals surface area contributed by atoms with Crippen molar-refractivity contribution in [3.05, 3.63) is 93.2 Å². The number of carbonyl (C=O) groups excluding carboxylic acids is 2. The molecule has 0 radical (unpaired) electrons. The number of pyridine rings is 1. The first kappa shape index (κ1) is 22.9. The van der Waals surface area contributed by atoms with E-state index in [-0.39, 0.29) is 11.4 Å². The SMILES string of the molecule is Cc1cc(Br)c(Cl)cc1NC(=O)COC(=O)c1cc(-c2ccc(F)cc2)nc2ccccc12. The van der Waals surface area contributed by atoms with E-state index in [1.165, 1.54) is 12.1 Å². The molecule has 0 aliphatic rings. The van der Waals surface area contributed by atoms with Crippen LogP contribution < -0.4 is 5.32 Å². The third-order valence-corrected chi connectivity index (χ3v) is 6.15. The van der Waals surface area contributed by atoms with Crippen LogP contribution in [0.3, 0.4) is 0 Å². The number of halogens is 3. The van der Waals surface area contributed by atoms with Crippen molar-refractivity contribution in [1.29, 1.82) is 0 Å². The van der Waals surface area contributed by atoms with Gasteiger partial charge in [-0.2, -0.15) is 0 Å². The Hall–Kier alpha value is -3.29. The minimum absolute atomic E-state index is 0.260. The number of para-hydroxylation sites is 1. The predicted molar refractivity (Wildman–Crippen MR) is 130 cm³/mol. The van der Waals surface area contributed by atoms with Gasteiger partial charge in [-0.3, -0.25) is 4.79 Å². The first-order valence-corrected chi connectivity index (χ1v) is 11.1. The van der Waals surface area contributed by atoms with Crippen LogP contribution in [0.2, 0.25) is 5.02 Å². The molecule has 4 rings (SSSR count). The Kier molecular flexibility index (Phi) is 6.72. The van der Waals surface area contributed by atoms with Gasteiger partial charge in [0.25, 0.3) is 5.91 Å². The van der Waals surface area contributed by atoms with Gasteiger partial charge in [-0.1, -0.05) is 29.8 Å². The zero-order valence-electron chi connectivity index (χ0n) is 17.4. The van der Waals surface area contributed by atoms with Crippen LogP contribution in [-0.4, -0.2) is 23.5 Å². The number of amides is 1. The van der Waals surface area contributed by atoms with Gasteiger partial charge >= 0.3 is 5.97 Å². The number of aryl methyl sites for hydroxylation is 1. The van der Waals surface area contributed by atoms with Crippen LogP contribution in [0.5, 0.6) is 0 Å². The van der Waals surface area contributed by atoms with Crippen molar-refractivity contribution in [2.24, 2.45) is 0 Å². The number of anilines is 1. The van der Waals surface area contributed by atoms with Gasteiger partial charge in [0.15, 0.2) is 6.61 Å². The minimum Gasteiger partial charge on any atom is -0.452 e. The number of rotatable bonds is 5. The summed E-state index contributed by atoms with van der Waals surface area (Å²) in [6.07, 6.45) is 0. The molecule has 0 unspecified atom stereocenters. The van der Waals surface area contributed by atoms with E-state index in [2.05, 4.69) is 26.2 Å². The van der Waals surface area contributed by atoms with E-state index in [0.29, 0.717) is 37.3 Å². The van der Waals surface area contributed by atoms with Gasteiger partial charge in [0.1, 0.15) is 5.82 Å². The first-order chi connectivity index (χ1) is 15.8. The summed E-state index contributed by atoms with van der Waals surface area (Å²) in [5.74, 6) is -1.54. The van der Waals surface area contributed by atoms with Crippen molar-refractivity contribution in [2.45, 2.75) is 6.92 Å². The molecule has 0 aliphatic heterocycles. The fourth-order valence-corrected chi connectivity index (χ4v) is 3.91. The molecule has 166 valence electrons. The first-order valence-electron chi connectivity index (χ1n) is 9.90. The minimum atomic E-state index is -0.669. The number of fused-ring (bicyclic) bond motifs is 1. The van der Waals surface area contributed by atoms with Crippen LogP contribution in [0.25, 0.3) is 22.2 Å². The molecule has 8 heteroatoms. The average Bonchev–Trinajstić information content (AvgIpc) is 2.80. The van der Waals surface area contributed by atoms with Gasteiger partial charge in [-0.25, -0.2) is 14.2 Å². The van der Waals surface area contributed by atoms with Gasteiger partial charge in [0.05, 0.1) is 21.8 Å². The van der Waals surface area contributed by atoms with E-state index in [0.717, 1.165) is 5.56 Å². The summed E-state index contributed by atoms with van der Waals surface area (Å²) in [6.45, 7) is 1.34. The second kappa shape index (κ2) is 9.68. The van der Waals surface area contributed by atoms with E-state index in [9.17, 15) is 14.0 Å². The van der Waals surface area contributed by atoms with Gasteiger partial charge < -0.3 is 10.1 Å². The summed E-state index contributed by atoms with van der Waals surface area (Å²) < 4.78 is 19.3. The highest BCUT2D eigenvalue weighted by Gasteiger charge is 2.17. The molecule has 0 atom stereocenters. The summed E-state index contributed by atoms with van der Waals surface area (Å²) in [6, 6.07) is 17.9. The van der Waals surface area contributed by atoms with Gasteiger partial charge in [0, 0.05) is 21.1 Å². The summed E-state index contributed by atoms with van der Waals surface area (Å²) in [7, 11) is 0. The highest BCUT2D eigenvalue weighted by Crippen LogP contribution is 2.29. The lowest BCUT2D eigenvalue weighted by atomic mass is 10.0. The Morgan fingerprint density at radius 1 is 1.09 bits per heavy atom. The van der Waals surface area contributed by atoms with Crippen LogP contribution in [0, 0.1) is 12.7 Å². The molecule has 1 amide bonds. The number of carbonyl (C=O) groups is 2. The smallest absolute Gasteiger partial charge is 0.339 e. The zero-order chi connectivity index (χ0) is 23.5. The number of hydrogen-bond acceptors (Lipinski definition) is 4.